The molecule has 1 N–H and O–H groups in total. The Morgan fingerprint density at radius 3 is 2.56 bits per heavy atom. The molecule has 2 nitrogen and oxygen atoms in total. The maximum Gasteiger partial charge on any atom is 0.303 e. The molecule has 0 bridgehead atoms. The molecule has 0 aromatic rings. The normalized spacial score (nSPS) is 11.6. The molecule has 9 heavy (non-hydrogen) atoms. The molecule has 0 unspecified atom stereocenters. The van der Waals surface area contributed by atoms with Crippen molar-refractivity contribution in [1.82, 2.24) is 0 Å². The Kier molecular flexibility index (Phi) is 3.76. The molecular formula is C7H11O2. The summed E-state index contributed by atoms with van der Waals surface area (Å²) in [7, 11) is 0. The van der Waals surface area contributed by atoms with Crippen LogP contribution in [0.3, 0.4) is 0 Å². The van der Waals surface area contributed by atoms with Gasteiger partial charge in [0.05, 0.1) is 0 Å². The summed E-state index contributed by atoms with van der Waals surface area (Å²) < 4.78 is 0. The van der Waals surface area contributed by atoms with Gasteiger partial charge in [-0.3, -0.25) is 4.79 Å². The second-order valence-corrected chi connectivity index (χ2v) is 1.94. The molecule has 0 aliphatic rings. The maximum atomic E-state index is 9.97. The highest BCUT2D eigenvalue weighted by Gasteiger charge is 1.95. The van der Waals surface area contributed by atoms with Crippen molar-refractivity contribution in [3.63, 3.8) is 0 Å². The van der Waals surface area contributed by atoms with Crippen molar-refractivity contribution in [2.75, 3.05) is 0 Å². The van der Waals surface area contributed by atoms with Crippen LogP contribution >= 0.6 is 0 Å². The molecule has 0 amide bonds. The van der Waals surface area contributed by atoms with Crippen LogP contribution in [0.2, 0.25) is 0 Å². The van der Waals surface area contributed by atoms with E-state index in [4.69, 9.17) is 5.11 Å². The van der Waals surface area contributed by atoms with Crippen LogP contribution in [0.1, 0.15) is 19.8 Å². The molecular weight excluding hydrogens is 116 g/mol. The first kappa shape index (κ1) is 8.21. The number of allylic oxidation sites excluding steroid dienone is 2. The lowest BCUT2D eigenvalue weighted by atomic mass is 10.1. The molecule has 0 aromatic carbocycles. The summed E-state index contributed by atoms with van der Waals surface area (Å²) in [6, 6.07) is 0. The Morgan fingerprint density at radius 1 is 1.67 bits per heavy atom. The van der Waals surface area contributed by atoms with Gasteiger partial charge in [0.2, 0.25) is 0 Å². The molecule has 0 spiro atoms. The molecule has 0 rings (SSSR count). The number of carboxylic acid groups (broad SMARTS) is 1. The van der Waals surface area contributed by atoms with E-state index in [9.17, 15) is 4.79 Å². The minimum absolute atomic E-state index is 0.206. The molecule has 0 aromatic heterocycles. The van der Waals surface area contributed by atoms with Crippen LogP contribution in [-0.2, 0) is 4.79 Å². The van der Waals surface area contributed by atoms with Gasteiger partial charge in [-0.2, -0.15) is 0 Å². The van der Waals surface area contributed by atoms with E-state index >= 15 is 0 Å². The summed E-state index contributed by atoms with van der Waals surface area (Å²) in [5.41, 5.74) is 1.03. The smallest absolute Gasteiger partial charge is 0.303 e. The minimum atomic E-state index is -0.754. The van der Waals surface area contributed by atoms with E-state index in [1.807, 2.05) is 6.92 Å². The van der Waals surface area contributed by atoms with Gasteiger partial charge >= 0.3 is 5.97 Å². The highest BCUT2D eigenvalue weighted by atomic mass is 16.4. The van der Waals surface area contributed by atoms with E-state index in [0.717, 1.165) is 5.57 Å². The Morgan fingerprint density at radius 2 is 2.22 bits per heavy atom. The average Bonchev–Trinajstić information content (AvgIpc) is 1.83. The summed E-state index contributed by atoms with van der Waals surface area (Å²) >= 11 is 0. The van der Waals surface area contributed by atoms with Gasteiger partial charge in [0.1, 0.15) is 0 Å². The van der Waals surface area contributed by atoms with E-state index < -0.39 is 5.97 Å². The van der Waals surface area contributed by atoms with Crippen molar-refractivity contribution in [2.45, 2.75) is 19.8 Å². The van der Waals surface area contributed by atoms with Crippen molar-refractivity contribution >= 4 is 5.97 Å². The van der Waals surface area contributed by atoms with Crippen molar-refractivity contribution in [1.29, 1.82) is 0 Å². The third-order valence-corrected chi connectivity index (χ3v) is 1.08. The lowest BCUT2D eigenvalue weighted by molar-refractivity contribution is -0.136. The summed E-state index contributed by atoms with van der Waals surface area (Å²) in [6.07, 6.45) is 2.50. The predicted molar refractivity (Wildman–Crippen MR) is 36.0 cm³/mol. The van der Waals surface area contributed by atoms with E-state index in [-0.39, 0.29) is 6.42 Å². The van der Waals surface area contributed by atoms with Gasteiger partial charge in [0.25, 0.3) is 0 Å². The van der Waals surface area contributed by atoms with Crippen LogP contribution in [0.5, 0.6) is 0 Å². The number of rotatable bonds is 3. The molecule has 0 saturated carbocycles. The minimum Gasteiger partial charge on any atom is -0.481 e. The largest absolute Gasteiger partial charge is 0.481 e. The molecule has 0 aliphatic carbocycles. The van der Waals surface area contributed by atoms with E-state index in [1.54, 1.807) is 6.08 Å². The van der Waals surface area contributed by atoms with Gasteiger partial charge in [-0.15, -0.1) is 0 Å². The van der Waals surface area contributed by atoms with Gasteiger partial charge in [0.15, 0.2) is 0 Å². The average molecular weight is 127 g/mol. The van der Waals surface area contributed by atoms with E-state index in [1.165, 1.54) is 0 Å². The zero-order valence-corrected chi connectivity index (χ0v) is 5.55. The quantitative estimate of drug-likeness (QED) is 0.625. The first-order chi connectivity index (χ1) is 4.16. The van der Waals surface area contributed by atoms with Crippen LogP contribution in [0.4, 0.5) is 0 Å². The highest BCUT2D eigenvalue weighted by Crippen LogP contribution is 2.01. The fourth-order valence-electron chi connectivity index (χ4n) is 0.406. The second kappa shape index (κ2) is 4.13. The van der Waals surface area contributed by atoms with Crippen molar-refractivity contribution in [2.24, 2.45) is 0 Å². The first-order valence-electron chi connectivity index (χ1n) is 2.83. The summed E-state index contributed by atoms with van der Waals surface area (Å²) in [6.45, 7) is 5.38. The van der Waals surface area contributed by atoms with Crippen molar-refractivity contribution < 1.29 is 9.90 Å². The molecule has 51 valence electrons. The zero-order valence-electron chi connectivity index (χ0n) is 5.55. The van der Waals surface area contributed by atoms with Crippen LogP contribution in [0.25, 0.3) is 0 Å². The highest BCUT2D eigenvalue weighted by molar-refractivity contribution is 5.66. The van der Waals surface area contributed by atoms with Gasteiger partial charge < -0.3 is 5.11 Å². The summed E-state index contributed by atoms with van der Waals surface area (Å²) in [5.74, 6) is -0.754. The van der Waals surface area contributed by atoms with Crippen LogP contribution in [0, 0.1) is 6.92 Å². The Balaban J connectivity index is 3.39. The lowest BCUT2D eigenvalue weighted by Gasteiger charge is -1.93. The fourth-order valence-corrected chi connectivity index (χ4v) is 0.406. The van der Waals surface area contributed by atoms with Crippen molar-refractivity contribution in [3.05, 3.63) is 18.6 Å². The van der Waals surface area contributed by atoms with Gasteiger partial charge in [-0.25, -0.2) is 0 Å². The Labute approximate surface area is 55.2 Å². The number of carbonyl (C=O) groups is 1. The van der Waals surface area contributed by atoms with Gasteiger partial charge in [0, 0.05) is 6.42 Å². The topological polar surface area (TPSA) is 37.3 Å². The predicted octanol–water partition coefficient (Wildman–Crippen LogP) is 1.63. The molecule has 0 aliphatic heterocycles. The SMILES string of the molecule is [CH2]C=C(C)CCC(=O)O. The second-order valence-electron chi connectivity index (χ2n) is 1.94. The summed E-state index contributed by atoms with van der Waals surface area (Å²) in [4.78, 5) is 9.97. The number of aliphatic carboxylic acids is 1. The van der Waals surface area contributed by atoms with Crippen LogP contribution in [-0.4, -0.2) is 11.1 Å². The molecule has 0 atom stereocenters. The molecule has 0 heterocycles. The Bertz CT molecular complexity index is 125. The third-order valence-electron chi connectivity index (χ3n) is 1.08. The zero-order chi connectivity index (χ0) is 7.28. The van der Waals surface area contributed by atoms with Crippen molar-refractivity contribution in [3.8, 4) is 0 Å². The van der Waals surface area contributed by atoms with Crippen LogP contribution in [0.15, 0.2) is 11.6 Å². The van der Waals surface area contributed by atoms with Gasteiger partial charge in [-0.05, 0) is 20.3 Å². The van der Waals surface area contributed by atoms with Gasteiger partial charge in [-0.1, -0.05) is 11.6 Å². The van der Waals surface area contributed by atoms with E-state index in [0.29, 0.717) is 6.42 Å². The molecule has 0 saturated heterocycles. The standard InChI is InChI=1S/C7H11O2/c1-3-6(2)4-5-7(8)9/h3H,1,4-5H2,2H3,(H,8,9). The molecule has 0 fully saturated rings. The maximum absolute atomic E-state index is 9.97. The van der Waals surface area contributed by atoms with E-state index in [2.05, 4.69) is 6.92 Å². The monoisotopic (exact) mass is 127 g/mol. The van der Waals surface area contributed by atoms with Crippen LogP contribution < -0.4 is 0 Å². The number of hydrogen-bond acceptors (Lipinski definition) is 1. The molecule has 1 radical (unpaired) electrons. The fraction of sp³-hybridized carbons (Fsp3) is 0.429. The number of carboxylic acids is 1. The third kappa shape index (κ3) is 5.07. The first-order valence-corrected chi connectivity index (χ1v) is 2.83. The summed E-state index contributed by atoms with van der Waals surface area (Å²) in [5, 5.41) is 8.21. The molecule has 2 heteroatoms. The lowest BCUT2D eigenvalue weighted by Crippen LogP contribution is -1.93. The number of hydrogen-bond donors (Lipinski definition) is 1. The Hall–Kier alpha value is -0.790.